The standard InChI is InChI=1S/C14H19N7O2S/c1-20-6-8-21(9-7-20)24(22,23)13-5-3-2-4-11(13)18-19-12(10-15)14(16)17/h2-5,18H,6-9H2,1H3,(H3,16,17)/b19-12+. The van der Waals surface area contributed by atoms with E-state index in [2.05, 4.69) is 15.4 Å². The van der Waals surface area contributed by atoms with Crippen molar-refractivity contribution >= 4 is 27.3 Å². The van der Waals surface area contributed by atoms with Crippen LogP contribution in [0, 0.1) is 16.7 Å². The van der Waals surface area contributed by atoms with Crippen molar-refractivity contribution in [3.05, 3.63) is 24.3 Å². The molecule has 1 saturated heterocycles. The molecule has 0 aliphatic carbocycles. The summed E-state index contributed by atoms with van der Waals surface area (Å²) >= 11 is 0. The van der Waals surface area contributed by atoms with E-state index >= 15 is 0 Å². The van der Waals surface area contributed by atoms with Crippen LogP contribution in [0.15, 0.2) is 34.3 Å². The van der Waals surface area contributed by atoms with Gasteiger partial charge in [0.25, 0.3) is 0 Å². The van der Waals surface area contributed by atoms with Crippen LogP contribution in [0.5, 0.6) is 0 Å². The van der Waals surface area contributed by atoms with Gasteiger partial charge in [-0.15, -0.1) is 0 Å². The molecule has 2 rings (SSSR count). The van der Waals surface area contributed by atoms with Crippen LogP contribution < -0.4 is 11.2 Å². The molecule has 24 heavy (non-hydrogen) atoms. The van der Waals surface area contributed by atoms with Gasteiger partial charge in [0.2, 0.25) is 15.7 Å². The number of likely N-dealkylation sites (N-methyl/N-ethyl adjacent to an activating group) is 1. The Morgan fingerprint density at radius 3 is 2.54 bits per heavy atom. The second-order valence-corrected chi connectivity index (χ2v) is 7.21. The molecule has 0 unspecified atom stereocenters. The van der Waals surface area contributed by atoms with Crippen LogP contribution in [0.4, 0.5) is 5.69 Å². The summed E-state index contributed by atoms with van der Waals surface area (Å²) in [5, 5.41) is 19.8. The van der Waals surface area contributed by atoms with Gasteiger partial charge in [0.1, 0.15) is 11.0 Å². The Morgan fingerprint density at radius 1 is 1.33 bits per heavy atom. The largest absolute Gasteiger partial charge is 0.382 e. The van der Waals surface area contributed by atoms with Gasteiger partial charge >= 0.3 is 0 Å². The maximum atomic E-state index is 12.8. The smallest absolute Gasteiger partial charge is 0.245 e. The summed E-state index contributed by atoms with van der Waals surface area (Å²) < 4.78 is 27.1. The van der Waals surface area contributed by atoms with Crippen LogP contribution in [0.1, 0.15) is 0 Å². The van der Waals surface area contributed by atoms with Gasteiger partial charge in [-0.05, 0) is 19.2 Å². The Bertz CT molecular complexity index is 790. The van der Waals surface area contributed by atoms with Crippen LogP contribution in [0.3, 0.4) is 0 Å². The fourth-order valence-electron chi connectivity index (χ4n) is 2.21. The number of para-hydroxylation sites is 1. The van der Waals surface area contributed by atoms with Crippen molar-refractivity contribution in [1.29, 1.82) is 10.7 Å². The molecule has 0 amide bonds. The maximum Gasteiger partial charge on any atom is 0.245 e. The minimum atomic E-state index is -3.68. The van der Waals surface area contributed by atoms with Crippen molar-refractivity contribution in [3.63, 3.8) is 0 Å². The lowest BCUT2D eigenvalue weighted by molar-refractivity contribution is 0.222. The number of hydrogen-bond donors (Lipinski definition) is 3. The first-order valence-corrected chi connectivity index (χ1v) is 8.66. The minimum absolute atomic E-state index is 0.0687. The molecule has 0 radical (unpaired) electrons. The van der Waals surface area contributed by atoms with Gasteiger partial charge in [-0.25, -0.2) is 8.42 Å². The molecule has 9 nitrogen and oxygen atoms in total. The predicted octanol–water partition coefficient (Wildman–Crippen LogP) is -0.150. The van der Waals surface area contributed by atoms with Crippen LogP contribution in [0.25, 0.3) is 0 Å². The van der Waals surface area contributed by atoms with Gasteiger partial charge in [-0.3, -0.25) is 10.8 Å². The van der Waals surface area contributed by atoms with Crippen molar-refractivity contribution in [3.8, 4) is 6.07 Å². The number of piperazine rings is 1. The zero-order chi connectivity index (χ0) is 17.7. The average molecular weight is 349 g/mol. The highest BCUT2D eigenvalue weighted by Gasteiger charge is 2.29. The number of nitrogens with zero attached hydrogens (tertiary/aromatic N) is 4. The molecule has 1 heterocycles. The highest BCUT2D eigenvalue weighted by atomic mass is 32.2. The van der Waals surface area contributed by atoms with E-state index in [4.69, 9.17) is 16.4 Å². The quantitative estimate of drug-likeness (QED) is 0.384. The zero-order valence-corrected chi connectivity index (χ0v) is 14.0. The van der Waals surface area contributed by atoms with Gasteiger partial charge in [0.15, 0.2) is 5.84 Å². The molecule has 0 saturated carbocycles. The Labute approximate surface area is 140 Å². The van der Waals surface area contributed by atoms with Crippen LogP contribution in [-0.2, 0) is 10.0 Å². The van der Waals surface area contributed by atoms with E-state index < -0.39 is 15.9 Å². The van der Waals surface area contributed by atoms with Gasteiger partial charge in [0.05, 0.1) is 5.69 Å². The van der Waals surface area contributed by atoms with E-state index in [1.165, 1.54) is 10.4 Å². The normalized spacial score (nSPS) is 17.2. The third-order valence-electron chi connectivity index (χ3n) is 3.62. The highest BCUT2D eigenvalue weighted by molar-refractivity contribution is 7.89. The molecule has 128 valence electrons. The van der Waals surface area contributed by atoms with E-state index in [0.717, 1.165) is 0 Å². The van der Waals surface area contributed by atoms with E-state index in [1.807, 2.05) is 7.05 Å². The summed E-state index contributed by atoms with van der Waals surface area (Å²) in [5.74, 6) is -0.496. The first-order valence-electron chi connectivity index (χ1n) is 7.22. The molecule has 0 atom stereocenters. The number of anilines is 1. The van der Waals surface area contributed by atoms with E-state index in [0.29, 0.717) is 26.2 Å². The molecule has 10 heteroatoms. The second-order valence-electron chi connectivity index (χ2n) is 5.30. The predicted molar refractivity (Wildman–Crippen MR) is 91.3 cm³/mol. The van der Waals surface area contributed by atoms with Gasteiger partial charge in [0, 0.05) is 26.2 Å². The molecule has 1 aliphatic rings. The first kappa shape index (κ1) is 17.9. The summed E-state index contributed by atoms with van der Waals surface area (Å²) in [4.78, 5) is 2.13. The number of amidine groups is 1. The Hall–Kier alpha value is -2.48. The highest BCUT2D eigenvalue weighted by Crippen LogP contribution is 2.25. The number of hydrogen-bond acceptors (Lipinski definition) is 7. The maximum absolute atomic E-state index is 12.8. The summed E-state index contributed by atoms with van der Waals surface area (Å²) in [6, 6.07) is 7.96. The third kappa shape index (κ3) is 3.88. The van der Waals surface area contributed by atoms with E-state index in [1.54, 1.807) is 24.3 Å². The summed E-state index contributed by atoms with van der Waals surface area (Å²) in [6.07, 6.45) is 0. The molecule has 1 aromatic carbocycles. The fourth-order valence-corrected chi connectivity index (χ4v) is 3.78. The number of nitrogens with two attached hydrogens (primary N) is 1. The molecule has 0 spiro atoms. The van der Waals surface area contributed by atoms with Crippen molar-refractivity contribution < 1.29 is 8.42 Å². The Kier molecular flexibility index (Phi) is 5.50. The lowest BCUT2D eigenvalue weighted by Gasteiger charge is -2.31. The molecule has 1 aromatic rings. The summed E-state index contributed by atoms with van der Waals surface area (Å²) in [7, 11) is -1.74. The molecule has 1 fully saturated rings. The minimum Gasteiger partial charge on any atom is -0.382 e. The monoisotopic (exact) mass is 349 g/mol. The summed E-state index contributed by atoms with van der Waals surface area (Å²) in [5.41, 5.74) is 7.66. The molecule has 1 aliphatic heterocycles. The number of hydrazone groups is 1. The first-order chi connectivity index (χ1) is 11.4. The molecule has 0 bridgehead atoms. The second kappa shape index (κ2) is 7.39. The number of benzene rings is 1. The molecule has 0 aromatic heterocycles. The topological polar surface area (TPSA) is 139 Å². The lowest BCUT2D eigenvalue weighted by atomic mass is 10.3. The summed E-state index contributed by atoms with van der Waals surface area (Å²) in [6.45, 7) is 2.15. The molecular weight excluding hydrogens is 330 g/mol. The number of rotatable bonds is 5. The van der Waals surface area contributed by atoms with E-state index in [9.17, 15) is 8.42 Å². The number of nitrogens with one attached hydrogen (secondary N) is 2. The lowest BCUT2D eigenvalue weighted by Crippen LogP contribution is -2.47. The van der Waals surface area contributed by atoms with Crippen molar-refractivity contribution in [2.75, 3.05) is 38.7 Å². The average Bonchev–Trinajstić information content (AvgIpc) is 2.56. The number of sulfonamides is 1. The van der Waals surface area contributed by atoms with Crippen molar-refractivity contribution in [2.45, 2.75) is 4.90 Å². The van der Waals surface area contributed by atoms with Gasteiger partial charge in [-0.1, -0.05) is 12.1 Å². The number of nitriles is 1. The third-order valence-corrected chi connectivity index (χ3v) is 5.57. The van der Waals surface area contributed by atoms with Crippen LogP contribution in [0.2, 0.25) is 0 Å². The van der Waals surface area contributed by atoms with Gasteiger partial charge < -0.3 is 10.6 Å². The van der Waals surface area contributed by atoms with Gasteiger partial charge in [-0.2, -0.15) is 14.7 Å². The van der Waals surface area contributed by atoms with Crippen molar-refractivity contribution in [2.24, 2.45) is 10.8 Å². The molecule has 4 N–H and O–H groups in total. The van der Waals surface area contributed by atoms with E-state index in [-0.39, 0.29) is 16.3 Å². The van der Waals surface area contributed by atoms with Crippen LogP contribution in [-0.4, -0.2) is 62.4 Å². The van der Waals surface area contributed by atoms with Crippen molar-refractivity contribution in [1.82, 2.24) is 9.21 Å². The SMILES string of the molecule is CN1CCN(S(=O)(=O)c2ccccc2N/N=C(\C#N)C(=N)N)CC1. The van der Waals surface area contributed by atoms with Crippen LogP contribution >= 0.6 is 0 Å². The Balaban J connectivity index is 2.31. The fraction of sp³-hybridized carbons (Fsp3) is 0.357. The Morgan fingerprint density at radius 2 is 1.96 bits per heavy atom. The zero-order valence-electron chi connectivity index (χ0n) is 13.2. The molecular formula is C14H19N7O2S.